The van der Waals surface area contributed by atoms with Crippen LogP contribution in [0.3, 0.4) is 0 Å². The molecule has 3 aliphatic carbocycles. The van der Waals surface area contributed by atoms with Gasteiger partial charge in [0.2, 0.25) is 0 Å². The van der Waals surface area contributed by atoms with Crippen LogP contribution in [-0.2, 0) is 10.8 Å². The highest BCUT2D eigenvalue weighted by atomic mass is 32.2. The Labute approximate surface area is 490 Å². The normalized spacial score (nSPS) is 18.9. The van der Waals surface area contributed by atoms with Crippen LogP contribution in [0.1, 0.15) is 64.8 Å². The third kappa shape index (κ3) is 7.80. The first kappa shape index (κ1) is 49.9. The van der Waals surface area contributed by atoms with E-state index in [0.29, 0.717) is 5.92 Å². The maximum atomic E-state index is 4.03. The van der Waals surface area contributed by atoms with E-state index in [1.807, 2.05) is 35.7 Å². The van der Waals surface area contributed by atoms with Gasteiger partial charge < -0.3 is 9.80 Å². The van der Waals surface area contributed by atoms with E-state index in [4.69, 9.17) is 0 Å². The molecule has 0 amide bonds. The summed E-state index contributed by atoms with van der Waals surface area (Å²) < 4.78 is 0. The molecular formula is C78H58N2S2. The van der Waals surface area contributed by atoms with Gasteiger partial charge in [0.05, 0.1) is 33.6 Å². The summed E-state index contributed by atoms with van der Waals surface area (Å²) in [5, 5.41) is 0. The Bertz CT molecular complexity index is 4300. The number of para-hydroxylation sites is 4. The lowest BCUT2D eigenvalue weighted by atomic mass is 9.65. The molecule has 2 aliphatic heterocycles. The van der Waals surface area contributed by atoms with Crippen LogP contribution < -0.4 is 9.80 Å². The second-order valence-electron chi connectivity index (χ2n) is 22.1. The van der Waals surface area contributed by atoms with Crippen LogP contribution in [0.2, 0.25) is 0 Å². The fraction of sp³-hybridized carbons (Fsp3) is 0.0769. The molecule has 4 heteroatoms. The predicted molar refractivity (Wildman–Crippen MR) is 347 cm³/mol. The molecule has 10 aromatic carbocycles. The second-order valence-corrected chi connectivity index (χ2v) is 24.3. The van der Waals surface area contributed by atoms with E-state index < -0.39 is 10.8 Å². The average molecular weight is 1090 g/mol. The van der Waals surface area contributed by atoms with E-state index in [-0.39, 0.29) is 0 Å². The third-order valence-corrected chi connectivity index (χ3v) is 19.7. The fourth-order valence-corrected chi connectivity index (χ4v) is 16.0. The molecule has 0 aromatic heterocycles. The molecule has 0 saturated heterocycles. The number of rotatable bonds is 10. The Morgan fingerprint density at radius 1 is 0.476 bits per heavy atom. The van der Waals surface area contributed by atoms with Crippen molar-refractivity contribution in [3.63, 3.8) is 0 Å². The van der Waals surface area contributed by atoms with Crippen LogP contribution in [0.15, 0.2) is 310 Å². The lowest BCUT2D eigenvalue weighted by molar-refractivity contribution is 0.683. The second kappa shape index (κ2) is 20.2. The molecule has 0 fully saturated rings. The SMILES string of the molecule is C=C/C=C\C=C(/C)C1(c2ccccc2)c2cc(/C=C/c3ccc4c(c3)C(C3=CC(C)CC=C3)(c3ccccc3)c3cc(N5c6ccccc6Sc6ccccc65)ccc3-4)ccc2-c2ccc(N3c4ccccc4Sc4ccccc43)cc21. The van der Waals surface area contributed by atoms with Gasteiger partial charge in [0.1, 0.15) is 0 Å². The van der Waals surface area contributed by atoms with Crippen LogP contribution in [0, 0.1) is 5.92 Å². The largest absolute Gasteiger partial charge is 0.308 e. The molecule has 0 radical (unpaired) electrons. The molecule has 2 heterocycles. The first-order chi connectivity index (χ1) is 40.4. The molecule has 0 saturated carbocycles. The molecule has 392 valence electrons. The molecule has 0 spiro atoms. The Hall–Kier alpha value is -9.06. The van der Waals surface area contributed by atoms with Crippen molar-refractivity contribution in [2.24, 2.45) is 5.92 Å². The maximum Gasteiger partial charge on any atom is 0.0711 e. The first-order valence-corrected chi connectivity index (χ1v) is 30.1. The van der Waals surface area contributed by atoms with Gasteiger partial charge >= 0.3 is 0 Å². The van der Waals surface area contributed by atoms with Crippen molar-refractivity contribution in [2.75, 3.05) is 9.80 Å². The van der Waals surface area contributed by atoms with Crippen LogP contribution in [-0.4, -0.2) is 0 Å². The standard InChI is InChI=1S/C78H58N2S2/c1-4-5-8-23-53(3)77(56-24-9-6-10-25-56)65-48-54(39-43-61(65)63-45-41-59(50-67(63)77)79-69-29-13-17-33-73(69)81-74-34-18-14-30-70(74)79)37-38-55-40-44-62-64-46-42-60(80-71-31-15-19-35-75(71)82-76-36-20-16-32-72(76)80)51-68(64)78(66(62)49-55,57-26-11-7-12-27-57)58-28-21-22-52(2)47-58/h4-21,23-52H,1,22H2,2-3H3/b8-5-,38-37+,53-23+. The molecule has 3 atom stereocenters. The van der Waals surface area contributed by atoms with Gasteiger partial charge in [-0.3, -0.25) is 0 Å². The predicted octanol–water partition coefficient (Wildman–Crippen LogP) is 21.6. The number of benzene rings is 10. The van der Waals surface area contributed by atoms with E-state index in [1.165, 1.54) is 109 Å². The van der Waals surface area contributed by atoms with Gasteiger partial charge in [-0.2, -0.15) is 0 Å². The van der Waals surface area contributed by atoms with Crippen LogP contribution in [0.5, 0.6) is 0 Å². The number of fused-ring (bicyclic) bond motifs is 10. The molecule has 15 rings (SSSR count). The molecule has 2 nitrogen and oxygen atoms in total. The highest BCUT2D eigenvalue weighted by Crippen LogP contribution is 2.62. The van der Waals surface area contributed by atoms with E-state index in [1.54, 1.807) is 0 Å². The van der Waals surface area contributed by atoms with Crippen molar-refractivity contribution in [1.29, 1.82) is 0 Å². The minimum atomic E-state index is -0.607. The summed E-state index contributed by atoms with van der Waals surface area (Å²) in [5.74, 6) is 0.395. The minimum absolute atomic E-state index is 0.395. The zero-order valence-corrected chi connectivity index (χ0v) is 47.5. The van der Waals surface area contributed by atoms with Crippen molar-refractivity contribution >= 4 is 69.8 Å². The van der Waals surface area contributed by atoms with Gasteiger partial charge in [-0.05, 0) is 177 Å². The van der Waals surface area contributed by atoms with Gasteiger partial charge in [0, 0.05) is 31.0 Å². The first-order valence-electron chi connectivity index (χ1n) is 28.5. The van der Waals surface area contributed by atoms with Gasteiger partial charge in [-0.15, -0.1) is 0 Å². The van der Waals surface area contributed by atoms with Gasteiger partial charge in [-0.25, -0.2) is 0 Å². The van der Waals surface area contributed by atoms with Crippen molar-refractivity contribution in [3.8, 4) is 22.3 Å². The number of hydrogen-bond donors (Lipinski definition) is 0. The number of hydrogen-bond acceptors (Lipinski definition) is 4. The maximum absolute atomic E-state index is 4.03. The number of allylic oxidation sites excluding steroid dienone is 9. The average Bonchev–Trinajstić information content (AvgIpc) is 2.05. The van der Waals surface area contributed by atoms with E-state index >= 15 is 0 Å². The molecule has 10 aromatic rings. The Morgan fingerprint density at radius 2 is 0.902 bits per heavy atom. The molecule has 0 N–H and O–H groups in total. The fourth-order valence-electron chi connectivity index (χ4n) is 13.9. The molecule has 82 heavy (non-hydrogen) atoms. The topological polar surface area (TPSA) is 6.48 Å². The summed E-state index contributed by atoms with van der Waals surface area (Å²) in [7, 11) is 0. The van der Waals surface area contributed by atoms with Crippen molar-refractivity contribution in [2.45, 2.75) is 50.7 Å². The van der Waals surface area contributed by atoms with E-state index in [9.17, 15) is 0 Å². The van der Waals surface area contributed by atoms with E-state index in [2.05, 4.69) is 303 Å². The van der Waals surface area contributed by atoms with Crippen molar-refractivity contribution in [1.82, 2.24) is 0 Å². The lowest BCUT2D eigenvalue weighted by Gasteiger charge is -2.38. The summed E-state index contributed by atoms with van der Waals surface area (Å²) in [6.45, 7) is 8.70. The Morgan fingerprint density at radius 3 is 1.41 bits per heavy atom. The van der Waals surface area contributed by atoms with Gasteiger partial charge in [0.25, 0.3) is 0 Å². The minimum Gasteiger partial charge on any atom is -0.308 e. The highest BCUT2D eigenvalue weighted by Gasteiger charge is 2.49. The Balaban J connectivity index is 0.884. The van der Waals surface area contributed by atoms with Crippen LogP contribution in [0.25, 0.3) is 34.4 Å². The zero-order valence-electron chi connectivity index (χ0n) is 45.8. The number of anilines is 6. The van der Waals surface area contributed by atoms with Crippen LogP contribution in [0.4, 0.5) is 34.1 Å². The Kier molecular flexibility index (Phi) is 12.3. The van der Waals surface area contributed by atoms with Gasteiger partial charge in [-0.1, -0.05) is 243 Å². The molecule has 3 unspecified atom stereocenters. The molecule has 0 bridgehead atoms. The lowest BCUT2D eigenvalue weighted by Crippen LogP contribution is -2.30. The summed E-state index contributed by atoms with van der Waals surface area (Å²) in [4.78, 5) is 9.94. The summed E-state index contributed by atoms with van der Waals surface area (Å²) in [6.07, 6.45) is 21.4. The summed E-state index contributed by atoms with van der Waals surface area (Å²) in [6, 6.07) is 86.4. The highest BCUT2D eigenvalue weighted by molar-refractivity contribution is 8.00. The quantitative estimate of drug-likeness (QED) is 0.0994. The van der Waals surface area contributed by atoms with Crippen molar-refractivity contribution < 1.29 is 0 Å². The van der Waals surface area contributed by atoms with Crippen LogP contribution >= 0.6 is 23.5 Å². The van der Waals surface area contributed by atoms with E-state index in [0.717, 1.165) is 28.9 Å². The zero-order chi connectivity index (χ0) is 54.9. The van der Waals surface area contributed by atoms with Gasteiger partial charge in [0.15, 0.2) is 0 Å². The smallest absolute Gasteiger partial charge is 0.0711 e. The number of nitrogens with zero attached hydrogens (tertiary/aromatic N) is 2. The summed E-state index contributed by atoms with van der Waals surface area (Å²) in [5.41, 5.74) is 23.5. The third-order valence-electron chi connectivity index (χ3n) is 17.4. The molecular weight excluding hydrogens is 1030 g/mol. The summed E-state index contributed by atoms with van der Waals surface area (Å²) >= 11 is 3.69. The van der Waals surface area contributed by atoms with Crippen molar-refractivity contribution in [3.05, 3.63) is 335 Å². The monoisotopic (exact) mass is 1090 g/mol. The molecule has 5 aliphatic rings.